The fourth-order valence-electron chi connectivity index (χ4n) is 0.787. The second-order valence-electron chi connectivity index (χ2n) is 2.75. The monoisotopic (exact) mass is 214 g/mol. The van der Waals surface area contributed by atoms with E-state index in [0.29, 0.717) is 18.7 Å². The molecule has 0 aromatic heterocycles. The van der Waals surface area contributed by atoms with Crippen molar-refractivity contribution in [3.05, 3.63) is 12.7 Å². The normalized spacial score (nSPS) is 11.0. The van der Waals surface area contributed by atoms with Crippen LogP contribution in [-0.4, -0.2) is 19.0 Å². The summed E-state index contributed by atoms with van der Waals surface area (Å²) in [6.07, 6.45) is 3.56. The molecule has 0 aliphatic carbocycles. The molecule has 0 aliphatic rings. The molecule has 0 saturated carbocycles. The molecule has 14 heavy (non-hydrogen) atoms. The third-order valence-corrected chi connectivity index (χ3v) is 1.98. The van der Waals surface area contributed by atoms with Crippen molar-refractivity contribution in [2.45, 2.75) is 19.3 Å². The minimum Gasteiger partial charge on any atom is -0.469 e. The zero-order valence-electron chi connectivity index (χ0n) is 8.38. The largest absolute Gasteiger partial charge is 0.469 e. The van der Waals surface area contributed by atoms with Gasteiger partial charge in [0.25, 0.3) is 0 Å². The summed E-state index contributed by atoms with van der Waals surface area (Å²) in [5.41, 5.74) is 0. The summed E-state index contributed by atoms with van der Waals surface area (Å²) in [5.74, 6) is 6.24. The molecule has 0 saturated heterocycles. The maximum Gasteiger partial charge on any atom is 0.305 e. The van der Waals surface area contributed by atoms with E-state index in [1.165, 1.54) is 7.11 Å². The second-order valence-corrected chi connectivity index (χ2v) is 3.06. The van der Waals surface area contributed by atoms with Gasteiger partial charge in [-0.25, -0.2) is 0 Å². The number of hydrogen-bond donors (Lipinski definition) is 0. The molecule has 78 valence electrons. The van der Waals surface area contributed by atoms with Gasteiger partial charge in [0.1, 0.15) is 0 Å². The van der Waals surface area contributed by atoms with Crippen LogP contribution in [0.25, 0.3) is 0 Å². The van der Waals surface area contributed by atoms with Gasteiger partial charge < -0.3 is 4.74 Å². The quantitative estimate of drug-likeness (QED) is 0.231. The first kappa shape index (κ1) is 13.1. The number of rotatable bonds is 5. The zero-order chi connectivity index (χ0) is 10.8. The number of methoxy groups -OCH3 is 1. The first-order valence-electron chi connectivity index (χ1n) is 4.48. The number of alkyl halides is 1. The molecule has 1 atom stereocenters. The van der Waals surface area contributed by atoms with Gasteiger partial charge in [0, 0.05) is 18.7 Å². The average Bonchev–Trinajstić information content (AvgIpc) is 2.23. The van der Waals surface area contributed by atoms with Crippen LogP contribution in [0.4, 0.5) is 0 Å². The molecule has 0 rings (SSSR count). The van der Waals surface area contributed by atoms with Gasteiger partial charge in [-0.05, 0) is 6.42 Å². The molecule has 0 bridgehead atoms. The Hall–Kier alpha value is -0.940. The van der Waals surface area contributed by atoms with E-state index in [9.17, 15) is 4.79 Å². The van der Waals surface area contributed by atoms with Crippen molar-refractivity contribution >= 4 is 17.6 Å². The second kappa shape index (κ2) is 8.65. The SMILES string of the molecule is C=CC(C#CCCCC(=O)OC)CCl. The molecule has 0 amide bonds. The van der Waals surface area contributed by atoms with E-state index >= 15 is 0 Å². The van der Waals surface area contributed by atoms with Crippen LogP contribution in [0, 0.1) is 17.8 Å². The van der Waals surface area contributed by atoms with E-state index in [1.807, 2.05) is 0 Å². The lowest BCUT2D eigenvalue weighted by molar-refractivity contribution is -0.140. The number of ether oxygens (including phenoxy) is 1. The number of halogens is 1. The van der Waals surface area contributed by atoms with Crippen molar-refractivity contribution in [3.8, 4) is 11.8 Å². The highest BCUT2D eigenvalue weighted by molar-refractivity contribution is 6.18. The summed E-state index contributed by atoms with van der Waals surface area (Å²) in [6.45, 7) is 3.61. The Morgan fingerprint density at radius 1 is 1.71 bits per heavy atom. The fraction of sp³-hybridized carbons (Fsp3) is 0.545. The number of carbonyl (C=O) groups is 1. The van der Waals surface area contributed by atoms with Gasteiger partial charge >= 0.3 is 5.97 Å². The molecule has 2 nitrogen and oxygen atoms in total. The standard InChI is InChI=1S/C11H15ClO2/c1-3-10(9-12)7-5-4-6-8-11(13)14-2/h3,10H,1,4,6,8-9H2,2H3. The van der Waals surface area contributed by atoms with Gasteiger partial charge in [-0.2, -0.15) is 0 Å². The summed E-state index contributed by atoms with van der Waals surface area (Å²) in [7, 11) is 1.38. The predicted octanol–water partition coefficient (Wildman–Crippen LogP) is 2.37. The minimum atomic E-state index is -0.190. The number of carbonyl (C=O) groups excluding carboxylic acids is 1. The van der Waals surface area contributed by atoms with Crippen LogP contribution < -0.4 is 0 Å². The third-order valence-electron chi connectivity index (χ3n) is 1.65. The summed E-state index contributed by atoms with van der Waals surface area (Å²) >= 11 is 5.61. The van der Waals surface area contributed by atoms with Gasteiger partial charge in [0.05, 0.1) is 13.0 Å². The number of esters is 1. The topological polar surface area (TPSA) is 26.3 Å². The van der Waals surface area contributed by atoms with E-state index in [2.05, 4.69) is 23.2 Å². The van der Waals surface area contributed by atoms with E-state index in [-0.39, 0.29) is 11.9 Å². The first-order valence-corrected chi connectivity index (χ1v) is 5.01. The van der Waals surface area contributed by atoms with Gasteiger partial charge in [0.2, 0.25) is 0 Å². The molecule has 0 radical (unpaired) electrons. The van der Waals surface area contributed by atoms with Crippen molar-refractivity contribution in [1.82, 2.24) is 0 Å². The molecule has 0 heterocycles. The molecular weight excluding hydrogens is 200 g/mol. The van der Waals surface area contributed by atoms with Crippen molar-refractivity contribution in [1.29, 1.82) is 0 Å². The number of unbranched alkanes of at least 4 members (excludes halogenated alkanes) is 1. The van der Waals surface area contributed by atoms with Crippen molar-refractivity contribution < 1.29 is 9.53 Å². The summed E-state index contributed by atoms with van der Waals surface area (Å²) in [4.78, 5) is 10.7. The maximum atomic E-state index is 10.7. The zero-order valence-corrected chi connectivity index (χ0v) is 9.14. The van der Waals surface area contributed by atoms with Crippen molar-refractivity contribution in [3.63, 3.8) is 0 Å². The lowest BCUT2D eigenvalue weighted by atomic mass is 10.1. The lowest BCUT2D eigenvalue weighted by Crippen LogP contribution is -1.98. The van der Waals surface area contributed by atoms with E-state index in [0.717, 1.165) is 6.42 Å². The Morgan fingerprint density at radius 2 is 2.43 bits per heavy atom. The number of allylic oxidation sites excluding steroid dienone is 1. The molecule has 3 heteroatoms. The molecule has 0 aromatic rings. The summed E-state index contributed by atoms with van der Waals surface area (Å²) in [6, 6.07) is 0. The Labute approximate surface area is 90.3 Å². The maximum absolute atomic E-state index is 10.7. The average molecular weight is 215 g/mol. The van der Waals surface area contributed by atoms with E-state index in [1.54, 1.807) is 6.08 Å². The molecule has 1 unspecified atom stereocenters. The summed E-state index contributed by atoms with van der Waals surface area (Å²) < 4.78 is 4.50. The van der Waals surface area contributed by atoms with E-state index in [4.69, 9.17) is 11.6 Å². The first-order chi connectivity index (χ1) is 6.74. The van der Waals surface area contributed by atoms with Crippen LogP contribution in [0.1, 0.15) is 19.3 Å². The van der Waals surface area contributed by atoms with Crippen molar-refractivity contribution in [2.24, 2.45) is 5.92 Å². The van der Waals surface area contributed by atoms with Crippen LogP contribution >= 0.6 is 11.6 Å². The van der Waals surface area contributed by atoms with Gasteiger partial charge in [-0.1, -0.05) is 12.0 Å². The third kappa shape index (κ3) is 6.56. The van der Waals surface area contributed by atoms with Crippen LogP contribution in [-0.2, 0) is 9.53 Å². The van der Waals surface area contributed by atoms with Crippen LogP contribution in [0.3, 0.4) is 0 Å². The Bertz CT molecular complexity index is 237. The minimum absolute atomic E-state index is 0.0507. The molecule has 0 fully saturated rings. The Balaban J connectivity index is 3.61. The molecule has 0 aromatic carbocycles. The fourth-order valence-corrected chi connectivity index (χ4v) is 0.990. The Kier molecular flexibility index (Phi) is 8.07. The van der Waals surface area contributed by atoms with Gasteiger partial charge in [0.15, 0.2) is 0 Å². The van der Waals surface area contributed by atoms with Gasteiger partial charge in [-0.3, -0.25) is 4.79 Å². The van der Waals surface area contributed by atoms with Gasteiger partial charge in [-0.15, -0.1) is 24.1 Å². The lowest BCUT2D eigenvalue weighted by Gasteiger charge is -1.96. The predicted molar refractivity (Wildman–Crippen MR) is 58.1 cm³/mol. The molecule has 0 spiro atoms. The number of hydrogen-bond acceptors (Lipinski definition) is 2. The highest BCUT2D eigenvalue weighted by Crippen LogP contribution is 2.00. The van der Waals surface area contributed by atoms with Crippen LogP contribution in [0.5, 0.6) is 0 Å². The molecule has 0 N–H and O–H groups in total. The summed E-state index contributed by atoms with van der Waals surface area (Å²) in [5, 5.41) is 0. The molecular formula is C11H15ClO2. The smallest absolute Gasteiger partial charge is 0.305 e. The highest BCUT2D eigenvalue weighted by Gasteiger charge is 1.97. The highest BCUT2D eigenvalue weighted by atomic mass is 35.5. The van der Waals surface area contributed by atoms with Crippen LogP contribution in [0.15, 0.2) is 12.7 Å². The van der Waals surface area contributed by atoms with Crippen molar-refractivity contribution in [2.75, 3.05) is 13.0 Å². The Morgan fingerprint density at radius 3 is 2.93 bits per heavy atom. The van der Waals surface area contributed by atoms with Crippen LogP contribution in [0.2, 0.25) is 0 Å². The molecule has 0 aliphatic heterocycles. The van der Waals surface area contributed by atoms with E-state index < -0.39 is 0 Å².